The molecule has 0 spiro atoms. The number of nitrogens with zero attached hydrogens (tertiary/aromatic N) is 3. The summed E-state index contributed by atoms with van der Waals surface area (Å²) in [7, 11) is 0. The number of aromatic hydroxyl groups is 1. The van der Waals surface area contributed by atoms with Gasteiger partial charge in [0.05, 0.1) is 18.1 Å². The van der Waals surface area contributed by atoms with Gasteiger partial charge in [0.15, 0.2) is 17.1 Å². The lowest BCUT2D eigenvalue weighted by Gasteiger charge is -2.11. The highest BCUT2D eigenvalue weighted by Crippen LogP contribution is 2.33. The van der Waals surface area contributed by atoms with Crippen LogP contribution in [0.4, 0.5) is 18.9 Å². The van der Waals surface area contributed by atoms with Crippen molar-refractivity contribution in [2.75, 3.05) is 5.32 Å². The van der Waals surface area contributed by atoms with Crippen LogP contribution in [-0.2, 0) is 6.18 Å². The van der Waals surface area contributed by atoms with E-state index < -0.39 is 17.8 Å². The molecular formula is C19H13F3N4O3. The third-order valence-corrected chi connectivity index (χ3v) is 4.18. The summed E-state index contributed by atoms with van der Waals surface area (Å²) in [6.45, 7) is 1.76. The third-order valence-electron chi connectivity index (χ3n) is 4.18. The summed E-state index contributed by atoms with van der Waals surface area (Å²) in [5.41, 5.74) is -0.794. The minimum Gasteiger partial charge on any atom is -0.506 e. The number of nitrogens with one attached hydrogen (secondary N) is 1. The van der Waals surface area contributed by atoms with Gasteiger partial charge in [-0.3, -0.25) is 4.79 Å². The maximum Gasteiger partial charge on any atom is 0.433 e. The van der Waals surface area contributed by atoms with Crippen LogP contribution in [0.5, 0.6) is 5.75 Å². The Morgan fingerprint density at radius 1 is 1.24 bits per heavy atom. The molecule has 3 aromatic heterocycles. The second kappa shape index (κ2) is 6.66. The van der Waals surface area contributed by atoms with Gasteiger partial charge in [-0.2, -0.15) is 18.3 Å². The predicted molar refractivity (Wildman–Crippen MR) is 96.5 cm³/mol. The lowest BCUT2D eigenvalue weighted by atomic mass is 10.2. The zero-order valence-corrected chi connectivity index (χ0v) is 14.9. The summed E-state index contributed by atoms with van der Waals surface area (Å²) in [6, 6.07) is 8.34. The molecule has 0 fully saturated rings. The van der Waals surface area contributed by atoms with Gasteiger partial charge in [-0.1, -0.05) is 6.07 Å². The molecule has 148 valence electrons. The first-order valence-corrected chi connectivity index (χ1v) is 8.35. The zero-order chi connectivity index (χ0) is 20.8. The second-order valence-corrected chi connectivity index (χ2v) is 6.27. The van der Waals surface area contributed by atoms with E-state index in [-0.39, 0.29) is 34.1 Å². The molecule has 0 aliphatic rings. The summed E-state index contributed by atoms with van der Waals surface area (Å²) in [4.78, 5) is 16.8. The fourth-order valence-electron chi connectivity index (χ4n) is 2.82. The van der Waals surface area contributed by atoms with Crippen LogP contribution < -0.4 is 5.32 Å². The monoisotopic (exact) mass is 402 g/mol. The number of fused-ring (bicyclic) bond motifs is 1. The number of aryl methyl sites for hydroxylation is 1. The summed E-state index contributed by atoms with van der Waals surface area (Å²) < 4.78 is 46.3. The van der Waals surface area contributed by atoms with E-state index in [9.17, 15) is 23.1 Å². The van der Waals surface area contributed by atoms with Crippen molar-refractivity contribution in [2.24, 2.45) is 0 Å². The second-order valence-electron chi connectivity index (χ2n) is 6.27. The van der Waals surface area contributed by atoms with Crippen molar-refractivity contribution in [1.29, 1.82) is 0 Å². The maximum atomic E-state index is 13.5. The molecule has 0 radical (unpaired) electrons. The molecule has 0 atom stereocenters. The normalized spacial score (nSPS) is 11.7. The molecule has 2 N–H and O–H groups in total. The summed E-state index contributed by atoms with van der Waals surface area (Å²) >= 11 is 0. The smallest absolute Gasteiger partial charge is 0.433 e. The molecule has 4 rings (SSSR count). The molecule has 4 aromatic rings. The minimum atomic E-state index is -4.74. The maximum absolute atomic E-state index is 13.5. The van der Waals surface area contributed by atoms with E-state index in [4.69, 9.17) is 4.42 Å². The number of halogens is 3. The van der Waals surface area contributed by atoms with Crippen LogP contribution in [0, 0.1) is 6.92 Å². The van der Waals surface area contributed by atoms with Crippen molar-refractivity contribution >= 4 is 17.2 Å². The molecule has 7 nitrogen and oxygen atoms in total. The van der Waals surface area contributed by atoms with Gasteiger partial charge in [0.1, 0.15) is 17.0 Å². The van der Waals surface area contributed by atoms with Gasteiger partial charge in [-0.05, 0) is 42.8 Å². The highest BCUT2D eigenvalue weighted by atomic mass is 19.4. The molecule has 0 saturated heterocycles. The van der Waals surface area contributed by atoms with Crippen molar-refractivity contribution in [3.8, 4) is 17.2 Å². The summed E-state index contributed by atoms with van der Waals surface area (Å²) in [5.74, 6) is -0.833. The number of phenolic OH excluding ortho intramolecular Hbond substituents is 1. The predicted octanol–water partition coefficient (Wildman–Crippen LogP) is 4.27. The molecule has 3 heterocycles. The lowest BCUT2D eigenvalue weighted by Crippen LogP contribution is -2.16. The van der Waals surface area contributed by atoms with Gasteiger partial charge in [0.2, 0.25) is 0 Å². The van der Waals surface area contributed by atoms with E-state index in [2.05, 4.69) is 15.4 Å². The van der Waals surface area contributed by atoms with Crippen molar-refractivity contribution in [3.05, 3.63) is 65.7 Å². The van der Waals surface area contributed by atoms with Gasteiger partial charge < -0.3 is 14.8 Å². The van der Waals surface area contributed by atoms with E-state index >= 15 is 0 Å². The fraction of sp³-hybridized carbons (Fsp3) is 0.105. The Hall–Kier alpha value is -3.82. The Bertz CT molecular complexity index is 1210. The highest BCUT2D eigenvalue weighted by Gasteiger charge is 2.36. The number of amides is 1. The van der Waals surface area contributed by atoms with Gasteiger partial charge in [-0.25, -0.2) is 9.50 Å². The average molecular weight is 402 g/mol. The Labute approximate surface area is 161 Å². The van der Waals surface area contributed by atoms with Crippen LogP contribution in [0.15, 0.2) is 53.3 Å². The Morgan fingerprint density at radius 3 is 2.72 bits per heavy atom. The van der Waals surface area contributed by atoms with E-state index in [1.165, 1.54) is 30.5 Å². The molecule has 29 heavy (non-hydrogen) atoms. The topological polar surface area (TPSA) is 92.7 Å². The first-order chi connectivity index (χ1) is 13.7. The SMILES string of the molecule is Cc1ccc(O)c(NC(=O)c2cnn3c(C(F)(F)F)cc(-c4ccco4)nc23)c1. The number of rotatable bonds is 3. The molecule has 0 aliphatic heterocycles. The molecule has 0 saturated carbocycles. The van der Waals surface area contributed by atoms with E-state index in [1.807, 2.05) is 0 Å². The Kier molecular flexibility index (Phi) is 4.26. The number of benzene rings is 1. The number of hydrogen-bond donors (Lipinski definition) is 2. The number of furan rings is 1. The molecule has 10 heteroatoms. The Morgan fingerprint density at radius 2 is 2.03 bits per heavy atom. The van der Waals surface area contributed by atoms with Crippen LogP contribution in [0.2, 0.25) is 0 Å². The first kappa shape index (κ1) is 18.5. The molecule has 0 aliphatic carbocycles. The molecule has 1 amide bonds. The Balaban J connectivity index is 1.84. The van der Waals surface area contributed by atoms with Crippen molar-refractivity contribution in [2.45, 2.75) is 13.1 Å². The average Bonchev–Trinajstić information content (AvgIpc) is 3.32. The molecule has 1 aromatic carbocycles. The van der Waals surface area contributed by atoms with Crippen LogP contribution in [0.3, 0.4) is 0 Å². The highest BCUT2D eigenvalue weighted by molar-refractivity contribution is 6.08. The largest absolute Gasteiger partial charge is 0.506 e. The van der Waals surface area contributed by atoms with Gasteiger partial charge in [0, 0.05) is 0 Å². The first-order valence-electron chi connectivity index (χ1n) is 8.35. The number of anilines is 1. The van der Waals surface area contributed by atoms with Gasteiger partial charge in [-0.15, -0.1) is 0 Å². The lowest BCUT2D eigenvalue weighted by molar-refractivity contribution is -0.142. The molecular weight excluding hydrogens is 389 g/mol. The van der Waals surface area contributed by atoms with Crippen LogP contribution >= 0.6 is 0 Å². The number of alkyl halides is 3. The van der Waals surface area contributed by atoms with Crippen LogP contribution in [-0.4, -0.2) is 25.6 Å². The molecule has 0 unspecified atom stereocenters. The minimum absolute atomic E-state index is 0.0947. The quantitative estimate of drug-likeness (QED) is 0.499. The number of hydrogen-bond acceptors (Lipinski definition) is 5. The van der Waals surface area contributed by atoms with Crippen LogP contribution in [0.1, 0.15) is 21.6 Å². The van der Waals surface area contributed by atoms with Crippen LogP contribution in [0.25, 0.3) is 17.1 Å². The van der Waals surface area contributed by atoms with Gasteiger partial charge in [0.25, 0.3) is 5.91 Å². The number of carbonyl (C=O) groups excluding carboxylic acids is 1. The third kappa shape index (κ3) is 3.40. The van der Waals surface area contributed by atoms with E-state index in [1.54, 1.807) is 13.0 Å². The standard InChI is InChI=1S/C19H13F3N4O3/c1-10-4-5-14(27)12(7-10)25-18(28)11-9-23-26-16(19(20,21)22)8-13(24-17(11)26)15-3-2-6-29-15/h2-9,27H,1H3,(H,25,28). The summed E-state index contributed by atoms with van der Waals surface area (Å²) in [5, 5.41) is 16.1. The molecule has 0 bridgehead atoms. The van der Waals surface area contributed by atoms with Crippen molar-refractivity contribution < 1.29 is 27.5 Å². The number of aromatic nitrogens is 3. The van der Waals surface area contributed by atoms with E-state index in [0.717, 1.165) is 17.8 Å². The number of phenols is 1. The van der Waals surface area contributed by atoms with Crippen molar-refractivity contribution in [3.63, 3.8) is 0 Å². The van der Waals surface area contributed by atoms with Crippen molar-refractivity contribution in [1.82, 2.24) is 14.6 Å². The van der Waals surface area contributed by atoms with Gasteiger partial charge >= 0.3 is 6.18 Å². The zero-order valence-electron chi connectivity index (χ0n) is 14.9. The van der Waals surface area contributed by atoms with E-state index in [0.29, 0.717) is 4.52 Å². The number of carbonyl (C=O) groups is 1. The summed E-state index contributed by atoms with van der Waals surface area (Å²) in [6.07, 6.45) is -2.44. The fourth-order valence-corrected chi connectivity index (χ4v) is 2.82.